The first-order chi connectivity index (χ1) is 12.4. The second kappa shape index (κ2) is 9.00. The topological polar surface area (TPSA) is 21.7 Å². The van der Waals surface area contributed by atoms with Crippen molar-refractivity contribution in [3.8, 4) is 0 Å². The van der Waals surface area contributed by atoms with E-state index in [1.165, 1.54) is 23.7 Å². The molecule has 0 radical (unpaired) electrons. The van der Waals surface area contributed by atoms with Gasteiger partial charge in [-0.25, -0.2) is 0 Å². The van der Waals surface area contributed by atoms with Crippen LogP contribution in [0.4, 0.5) is 0 Å². The maximum Gasteiger partial charge on any atom is 0.192 e. The van der Waals surface area contributed by atoms with Crippen LogP contribution in [0.15, 0.2) is 30.3 Å². The van der Waals surface area contributed by atoms with E-state index in [2.05, 4.69) is 69.9 Å². The molecule has 0 aromatic heterocycles. The molecule has 1 heterocycles. The summed E-state index contributed by atoms with van der Waals surface area (Å²) in [5.41, 5.74) is 0.967. The summed E-state index contributed by atoms with van der Waals surface area (Å²) in [5, 5.41) is 0. The van der Waals surface area contributed by atoms with Crippen LogP contribution in [0.25, 0.3) is 0 Å². The molecule has 4 heteroatoms. The number of hydrogen-bond donors (Lipinski definition) is 0. The largest absolute Gasteiger partial charge is 0.409 e. The molecule has 1 aromatic rings. The average molecular weight is 378 g/mol. The number of ether oxygens (including phenoxy) is 1. The molecule has 3 nitrogen and oxygen atoms in total. The van der Waals surface area contributed by atoms with Crippen molar-refractivity contribution in [3.05, 3.63) is 35.9 Å². The molecule has 0 unspecified atom stereocenters. The van der Waals surface area contributed by atoms with Crippen LogP contribution in [0.2, 0.25) is 18.1 Å². The van der Waals surface area contributed by atoms with Crippen LogP contribution >= 0.6 is 0 Å². The number of piperidine rings is 1. The molecule has 0 aliphatic carbocycles. The van der Waals surface area contributed by atoms with Crippen LogP contribution in [0, 0.1) is 0 Å². The highest BCUT2D eigenvalue weighted by Gasteiger charge is 2.51. The van der Waals surface area contributed by atoms with Crippen LogP contribution in [-0.2, 0) is 15.7 Å². The van der Waals surface area contributed by atoms with Gasteiger partial charge >= 0.3 is 0 Å². The number of methoxy groups -OCH3 is 1. The van der Waals surface area contributed by atoms with E-state index in [1.807, 2.05) is 7.11 Å². The SMILES string of the molecule is CC[Si](CC)(CC)OC(C)(C)C1(OC)CCN(Cc2ccccc2)CC1. The smallest absolute Gasteiger partial charge is 0.192 e. The molecule has 0 atom stereocenters. The van der Waals surface area contributed by atoms with E-state index in [1.54, 1.807) is 0 Å². The second-order valence-electron chi connectivity index (χ2n) is 8.32. The van der Waals surface area contributed by atoms with Crippen molar-refractivity contribution in [1.82, 2.24) is 4.90 Å². The van der Waals surface area contributed by atoms with Crippen LogP contribution in [-0.4, -0.2) is 44.6 Å². The van der Waals surface area contributed by atoms with E-state index in [-0.39, 0.29) is 11.2 Å². The number of hydrogen-bond acceptors (Lipinski definition) is 3. The molecule has 0 saturated carbocycles. The van der Waals surface area contributed by atoms with E-state index < -0.39 is 8.32 Å². The van der Waals surface area contributed by atoms with Crippen molar-refractivity contribution in [3.63, 3.8) is 0 Å². The Kier molecular flexibility index (Phi) is 7.49. The highest BCUT2D eigenvalue weighted by Crippen LogP contribution is 2.42. The average Bonchev–Trinajstić information content (AvgIpc) is 2.67. The van der Waals surface area contributed by atoms with E-state index in [0.717, 1.165) is 32.5 Å². The zero-order valence-electron chi connectivity index (χ0n) is 17.8. The molecule has 1 saturated heterocycles. The van der Waals surface area contributed by atoms with Gasteiger partial charge in [0.05, 0.1) is 11.2 Å². The Morgan fingerprint density at radius 3 is 2.00 bits per heavy atom. The van der Waals surface area contributed by atoms with E-state index in [9.17, 15) is 0 Å². The summed E-state index contributed by atoms with van der Waals surface area (Å²) in [6.07, 6.45) is 2.07. The van der Waals surface area contributed by atoms with Crippen LogP contribution in [0.5, 0.6) is 0 Å². The lowest BCUT2D eigenvalue weighted by Crippen LogP contribution is -2.62. The predicted octanol–water partition coefficient (Wildman–Crippen LogP) is 5.47. The Morgan fingerprint density at radius 2 is 1.54 bits per heavy atom. The van der Waals surface area contributed by atoms with E-state index in [0.29, 0.717) is 0 Å². The number of rotatable bonds is 9. The van der Waals surface area contributed by atoms with Crippen LogP contribution < -0.4 is 0 Å². The first kappa shape index (κ1) is 21.6. The van der Waals surface area contributed by atoms with Gasteiger partial charge in [0.1, 0.15) is 0 Å². The van der Waals surface area contributed by atoms with Gasteiger partial charge in [-0.15, -0.1) is 0 Å². The molecule has 0 amide bonds. The van der Waals surface area contributed by atoms with E-state index in [4.69, 9.17) is 9.16 Å². The predicted molar refractivity (Wildman–Crippen MR) is 113 cm³/mol. The third-order valence-corrected chi connectivity index (χ3v) is 11.6. The monoisotopic (exact) mass is 377 g/mol. The highest BCUT2D eigenvalue weighted by molar-refractivity contribution is 6.73. The molecule has 1 aliphatic rings. The molecule has 26 heavy (non-hydrogen) atoms. The molecule has 148 valence electrons. The van der Waals surface area contributed by atoms with Gasteiger partial charge in [-0.2, -0.15) is 0 Å². The van der Waals surface area contributed by atoms with Gasteiger partial charge in [0, 0.05) is 26.7 Å². The Balaban J connectivity index is 2.07. The molecule has 1 aliphatic heterocycles. The van der Waals surface area contributed by atoms with Gasteiger partial charge in [-0.3, -0.25) is 4.90 Å². The van der Waals surface area contributed by atoms with Crippen molar-refractivity contribution in [1.29, 1.82) is 0 Å². The summed E-state index contributed by atoms with van der Waals surface area (Å²) in [5.74, 6) is 0. The summed E-state index contributed by atoms with van der Waals surface area (Å²) < 4.78 is 13.1. The van der Waals surface area contributed by atoms with Gasteiger partial charge in [0.25, 0.3) is 0 Å². The maximum atomic E-state index is 6.96. The fourth-order valence-electron chi connectivity index (χ4n) is 4.57. The Hall–Kier alpha value is -0.683. The molecular weight excluding hydrogens is 338 g/mol. The molecule has 0 bridgehead atoms. The molecule has 2 rings (SSSR count). The van der Waals surface area contributed by atoms with Gasteiger partial charge in [-0.05, 0) is 50.4 Å². The number of nitrogens with zero attached hydrogens (tertiary/aromatic N) is 1. The fourth-order valence-corrected chi connectivity index (χ4v) is 7.77. The first-order valence-electron chi connectivity index (χ1n) is 10.4. The molecule has 1 aromatic carbocycles. The van der Waals surface area contributed by atoms with Crippen molar-refractivity contribution < 1.29 is 9.16 Å². The summed E-state index contributed by atoms with van der Waals surface area (Å²) in [7, 11) is 0.208. The standard InChI is InChI=1S/C22H39NO2Si/c1-7-26(8-2,9-3)25-21(4,5)22(24-6)15-17-23(18-16-22)19-20-13-11-10-12-14-20/h10-14H,7-9,15-19H2,1-6H3. The zero-order chi connectivity index (χ0) is 19.3. The fraction of sp³-hybridized carbons (Fsp3) is 0.727. The van der Waals surface area contributed by atoms with E-state index >= 15 is 0 Å². The molecular formula is C22H39NO2Si. The zero-order valence-corrected chi connectivity index (χ0v) is 18.8. The van der Waals surface area contributed by atoms with Crippen LogP contribution in [0.3, 0.4) is 0 Å². The van der Waals surface area contributed by atoms with Gasteiger partial charge in [-0.1, -0.05) is 51.1 Å². The molecule has 0 N–H and O–H groups in total. The third-order valence-electron chi connectivity index (χ3n) is 6.81. The van der Waals surface area contributed by atoms with Crippen molar-refractivity contribution in [2.45, 2.75) is 83.3 Å². The van der Waals surface area contributed by atoms with Crippen molar-refractivity contribution in [2.75, 3.05) is 20.2 Å². The Labute approximate surface area is 162 Å². The van der Waals surface area contributed by atoms with Gasteiger partial charge < -0.3 is 9.16 Å². The second-order valence-corrected chi connectivity index (χ2v) is 13.0. The summed E-state index contributed by atoms with van der Waals surface area (Å²) in [6, 6.07) is 14.3. The quantitative estimate of drug-likeness (QED) is 0.533. The Morgan fingerprint density at radius 1 is 1.00 bits per heavy atom. The minimum absolute atomic E-state index is 0.183. The lowest BCUT2D eigenvalue weighted by molar-refractivity contribution is -0.168. The molecule has 1 fully saturated rings. The van der Waals surface area contributed by atoms with Crippen LogP contribution in [0.1, 0.15) is 53.0 Å². The van der Waals surface area contributed by atoms with Crippen molar-refractivity contribution >= 4 is 8.32 Å². The summed E-state index contributed by atoms with van der Waals surface area (Å²) >= 11 is 0. The number of benzene rings is 1. The summed E-state index contributed by atoms with van der Waals surface area (Å²) in [4.78, 5) is 2.55. The van der Waals surface area contributed by atoms with Gasteiger partial charge in [0.2, 0.25) is 0 Å². The minimum atomic E-state index is -1.67. The van der Waals surface area contributed by atoms with Crippen molar-refractivity contribution in [2.24, 2.45) is 0 Å². The van der Waals surface area contributed by atoms with Gasteiger partial charge in [0.15, 0.2) is 8.32 Å². The minimum Gasteiger partial charge on any atom is -0.409 e. The lowest BCUT2D eigenvalue weighted by Gasteiger charge is -2.53. The maximum absolute atomic E-state index is 6.96. The lowest BCUT2D eigenvalue weighted by atomic mass is 9.78. The molecule has 0 spiro atoms. The Bertz CT molecular complexity index is 526. The summed E-state index contributed by atoms with van der Waals surface area (Å²) in [6.45, 7) is 14.6. The first-order valence-corrected chi connectivity index (χ1v) is 12.9. The third kappa shape index (κ3) is 4.59. The highest BCUT2D eigenvalue weighted by atomic mass is 28.4. The number of likely N-dealkylation sites (tertiary alicyclic amines) is 1. The normalized spacial score (nSPS) is 18.8.